The number of esters is 1. The second kappa shape index (κ2) is 8.14. The van der Waals surface area contributed by atoms with E-state index in [9.17, 15) is 18.0 Å². The molecule has 0 spiro atoms. The van der Waals surface area contributed by atoms with Gasteiger partial charge in [-0.3, -0.25) is 4.79 Å². The average Bonchev–Trinajstić information content (AvgIpc) is 2.85. The molecule has 2 aliphatic rings. The normalized spacial score (nSPS) is 23.5. The molecule has 0 bridgehead atoms. The number of allylic oxidation sites excluding steroid dienone is 1. The third kappa shape index (κ3) is 5.33. The first kappa shape index (κ1) is 19.0. The predicted molar refractivity (Wildman–Crippen MR) is 91.2 cm³/mol. The lowest BCUT2D eigenvalue weighted by Crippen LogP contribution is -2.50. The third-order valence-corrected chi connectivity index (χ3v) is 6.35. The Morgan fingerprint density at radius 1 is 1.08 bits per heavy atom. The molecule has 1 unspecified atom stereocenters. The third-order valence-electron chi connectivity index (χ3n) is 4.60. The zero-order chi connectivity index (χ0) is 17.7. The maximum atomic E-state index is 12.7. The number of ether oxygens (including phenoxy) is 1. The maximum Gasteiger partial charge on any atom is 0.331 e. The van der Waals surface area contributed by atoms with Crippen LogP contribution in [-0.2, 0) is 24.2 Å². The number of carbonyl (C=O) groups is 2. The second-order valence-corrected chi connectivity index (χ2v) is 9.21. The van der Waals surface area contributed by atoms with Crippen molar-refractivity contribution in [3.8, 4) is 0 Å². The van der Waals surface area contributed by atoms with Crippen LogP contribution in [0.3, 0.4) is 0 Å². The van der Waals surface area contributed by atoms with E-state index in [1.807, 2.05) is 0 Å². The van der Waals surface area contributed by atoms with Crippen molar-refractivity contribution >= 4 is 21.7 Å². The van der Waals surface area contributed by atoms with Crippen LogP contribution in [0, 0.1) is 0 Å². The molecular weight excluding hydrogens is 330 g/mol. The van der Waals surface area contributed by atoms with Gasteiger partial charge in [0.25, 0.3) is 5.91 Å². The van der Waals surface area contributed by atoms with Crippen molar-refractivity contribution in [3.63, 3.8) is 0 Å². The van der Waals surface area contributed by atoms with E-state index in [1.165, 1.54) is 6.08 Å². The number of hydrogen-bond acceptors (Lipinski definition) is 5. The number of amides is 1. The summed E-state index contributed by atoms with van der Waals surface area (Å²) in [7, 11) is -3.07. The number of sulfone groups is 1. The summed E-state index contributed by atoms with van der Waals surface area (Å²) < 4.78 is 28.7. The van der Waals surface area contributed by atoms with Crippen molar-refractivity contribution in [1.29, 1.82) is 0 Å². The van der Waals surface area contributed by atoms with Crippen LogP contribution in [-0.4, -0.2) is 55.4 Å². The van der Waals surface area contributed by atoms with Gasteiger partial charge in [-0.1, -0.05) is 24.8 Å². The molecule has 0 aromatic rings. The van der Waals surface area contributed by atoms with E-state index >= 15 is 0 Å². The fourth-order valence-electron chi connectivity index (χ4n) is 3.54. The Hall–Kier alpha value is -1.37. The van der Waals surface area contributed by atoms with Crippen molar-refractivity contribution < 1.29 is 22.7 Å². The number of nitrogens with zero attached hydrogens (tertiary/aromatic N) is 1. The highest BCUT2D eigenvalue weighted by molar-refractivity contribution is 7.91. The molecule has 1 aliphatic heterocycles. The van der Waals surface area contributed by atoms with Crippen LogP contribution in [0.4, 0.5) is 0 Å². The Labute approximate surface area is 144 Å². The summed E-state index contributed by atoms with van der Waals surface area (Å²) >= 11 is 0. The van der Waals surface area contributed by atoms with Gasteiger partial charge < -0.3 is 9.64 Å². The molecule has 2 rings (SSSR count). The van der Waals surface area contributed by atoms with Gasteiger partial charge in [-0.05, 0) is 33.1 Å². The lowest BCUT2D eigenvalue weighted by atomic mass is 9.93. The Balaban J connectivity index is 2.05. The number of carbonyl (C=O) groups excluding carboxylic acids is 2. The Morgan fingerprint density at radius 3 is 2.29 bits per heavy atom. The van der Waals surface area contributed by atoms with E-state index in [2.05, 4.69) is 0 Å². The number of hydrogen-bond donors (Lipinski definition) is 0. The van der Waals surface area contributed by atoms with Gasteiger partial charge in [-0.15, -0.1) is 0 Å². The second-order valence-electron chi connectivity index (χ2n) is 6.98. The van der Waals surface area contributed by atoms with Crippen molar-refractivity contribution in [1.82, 2.24) is 4.90 Å². The van der Waals surface area contributed by atoms with E-state index in [0.29, 0.717) is 6.42 Å². The Kier molecular flexibility index (Phi) is 6.43. The van der Waals surface area contributed by atoms with Crippen LogP contribution in [0.25, 0.3) is 0 Å². The molecule has 1 atom stereocenters. The highest BCUT2D eigenvalue weighted by atomic mass is 32.2. The van der Waals surface area contributed by atoms with Gasteiger partial charge >= 0.3 is 5.97 Å². The van der Waals surface area contributed by atoms with Crippen LogP contribution >= 0.6 is 0 Å². The topological polar surface area (TPSA) is 80.8 Å². The predicted octanol–water partition coefficient (Wildman–Crippen LogP) is 1.84. The highest BCUT2D eigenvalue weighted by Crippen LogP contribution is 2.28. The zero-order valence-corrected chi connectivity index (χ0v) is 15.3. The zero-order valence-electron chi connectivity index (χ0n) is 14.5. The monoisotopic (exact) mass is 357 g/mol. The summed E-state index contributed by atoms with van der Waals surface area (Å²) in [5.41, 5.74) is 0.804. The van der Waals surface area contributed by atoms with Crippen LogP contribution in [0.15, 0.2) is 11.6 Å². The minimum Gasteiger partial charge on any atom is -0.452 e. The molecule has 0 aromatic heterocycles. The maximum absolute atomic E-state index is 12.7. The first-order valence-electron chi connectivity index (χ1n) is 8.62. The fourth-order valence-corrected chi connectivity index (χ4v) is 5.26. The molecule has 7 heteroatoms. The summed E-state index contributed by atoms with van der Waals surface area (Å²) in [6.45, 7) is 3.23. The first-order valence-corrected chi connectivity index (χ1v) is 10.4. The summed E-state index contributed by atoms with van der Waals surface area (Å²) in [4.78, 5) is 26.0. The molecule has 0 radical (unpaired) electrons. The van der Waals surface area contributed by atoms with E-state index in [-0.39, 0.29) is 36.1 Å². The molecule has 136 valence electrons. The smallest absolute Gasteiger partial charge is 0.331 e. The molecule has 2 fully saturated rings. The van der Waals surface area contributed by atoms with Gasteiger partial charge in [0.2, 0.25) is 0 Å². The van der Waals surface area contributed by atoms with Gasteiger partial charge in [-0.25, -0.2) is 13.2 Å². The largest absolute Gasteiger partial charge is 0.452 e. The van der Waals surface area contributed by atoms with Gasteiger partial charge in [0.05, 0.1) is 11.5 Å². The van der Waals surface area contributed by atoms with Crippen molar-refractivity contribution in [2.24, 2.45) is 0 Å². The van der Waals surface area contributed by atoms with E-state index < -0.39 is 15.8 Å². The molecule has 1 saturated heterocycles. The summed E-state index contributed by atoms with van der Waals surface area (Å²) in [6.07, 6.45) is 6.85. The van der Waals surface area contributed by atoms with Crippen LogP contribution in [0.1, 0.15) is 52.4 Å². The van der Waals surface area contributed by atoms with Gasteiger partial charge in [0.15, 0.2) is 16.4 Å². The molecule has 0 aromatic carbocycles. The summed E-state index contributed by atoms with van der Waals surface area (Å²) in [6, 6.07) is -0.223. The minimum atomic E-state index is -3.07. The molecular formula is C17H27NO5S. The average molecular weight is 357 g/mol. The molecule has 24 heavy (non-hydrogen) atoms. The van der Waals surface area contributed by atoms with Crippen molar-refractivity contribution in [2.45, 2.75) is 64.5 Å². The van der Waals surface area contributed by atoms with Crippen molar-refractivity contribution in [2.75, 3.05) is 18.1 Å². The molecule has 1 amide bonds. The molecule has 1 aliphatic carbocycles. The van der Waals surface area contributed by atoms with Gasteiger partial charge in [0.1, 0.15) is 0 Å². The molecule has 0 N–H and O–H groups in total. The van der Waals surface area contributed by atoms with E-state index in [1.54, 1.807) is 18.7 Å². The molecule has 1 saturated carbocycles. The quantitative estimate of drug-likeness (QED) is 0.554. The van der Waals surface area contributed by atoms with E-state index in [0.717, 1.165) is 37.7 Å². The standard InChI is InChI=1S/C17H27NO5S/c1-13(2)10-17(20)23-11-16(19)18(14-6-4-3-5-7-14)15-8-9-24(21,22)12-15/h10,14-15H,3-9,11-12H2,1-2H3. The van der Waals surface area contributed by atoms with E-state index in [4.69, 9.17) is 4.74 Å². The molecule has 1 heterocycles. The Bertz CT molecular complexity index is 600. The Morgan fingerprint density at radius 2 is 1.75 bits per heavy atom. The summed E-state index contributed by atoms with van der Waals surface area (Å²) in [5.74, 6) is -0.659. The first-order chi connectivity index (χ1) is 11.3. The summed E-state index contributed by atoms with van der Waals surface area (Å²) in [5, 5.41) is 0. The lowest BCUT2D eigenvalue weighted by Gasteiger charge is -2.38. The van der Waals surface area contributed by atoms with Crippen molar-refractivity contribution in [3.05, 3.63) is 11.6 Å². The lowest BCUT2D eigenvalue weighted by molar-refractivity contribution is -0.151. The fraction of sp³-hybridized carbons (Fsp3) is 0.765. The number of rotatable bonds is 5. The molecule has 6 nitrogen and oxygen atoms in total. The van der Waals surface area contributed by atoms with Crippen LogP contribution in [0.2, 0.25) is 0 Å². The highest BCUT2D eigenvalue weighted by Gasteiger charge is 2.38. The minimum absolute atomic E-state index is 0.0250. The SMILES string of the molecule is CC(C)=CC(=O)OCC(=O)N(C1CCCCC1)C1CCS(=O)(=O)C1. The van der Waals surface area contributed by atoms with Crippen LogP contribution in [0.5, 0.6) is 0 Å². The van der Waals surface area contributed by atoms with Crippen LogP contribution < -0.4 is 0 Å². The van der Waals surface area contributed by atoms with Gasteiger partial charge in [0, 0.05) is 18.2 Å². The van der Waals surface area contributed by atoms with Gasteiger partial charge in [-0.2, -0.15) is 0 Å².